The molecule has 256 valence electrons. The SMILES string of the molecule is CC[C@H](C)C1NC(=O)c2ccc(cc2)CN(C(=O)c2ccc[nH]2)CCCCNC(=O)[C@@H](C)NC(=O)[C@H](Cc2ccc(OC)cc2)NC1=O. The molecule has 4 atom stereocenters. The van der Waals surface area contributed by atoms with Crippen molar-refractivity contribution in [2.45, 2.75) is 71.1 Å². The average molecular weight is 659 g/mol. The number of fused-ring (bicyclic) bond motifs is 18. The highest BCUT2D eigenvalue weighted by atomic mass is 16.5. The largest absolute Gasteiger partial charge is 0.497 e. The first kappa shape index (κ1) is 35.7. The summed E-state index contributed by atoms with van der Waals surface area (Å²) < 4.78 is 5.24. The third-order valence-electron chi connectivity index (χ3n) is 8.63. The van der Waals surface area contributed by atoms with Gasteiger partial charge in [-0.1, -0.05) is 44.5 Å². The molecule has 5 N–H and O–H groups in total. The zero-order valence-electron chi connectivity index (χ0n) is 28.0. The van der Waals surface area contributed by atoms with Gasteiger partial charge < -0.3 is 35.9 Å². The van der Waals surface area contributed by atoms with Gasteiger partial charge in [0, 0.05) is 37.8 Å². The number of hydrogen-bond donors (Lipinski definition) is 5. The summed E-state index contributed by atoms with van der Waals surface area (Å²) in [6.07, 6.45) is 3.67. The van der Waals surface area contributed by atoms with Gasteiger partial charge in [0.2, 0.25) is 17.7 Å². The van der Waals surface area contributed by atoms with Gasteiger partial charge in [0.25, 0.3) is 11.8 Å². The van der Waals surface area contributed by atoms with E-state index in [9.17, 15) is 24.0 Å². The van der Waals surface area contributed by atoms with Crippen molar-refractivity contribution in [3.63, 3.8) is 0 Å². The molecule has 0 aliphatic carbocycles. The summed E-state index contributed by atoms with van der Waals surface area (Å²) in [5, 5.41) is 11.3. The maximum Gasteiger partial charge on any atom is 0.270 e. The summed E-state index contributed by atoms with van der Waals surface area (Å²) in [6.45, 7) is 6.48. The first-order valence-electron chi connectivity index (χ1n) is 16.4. The van der Waals surface area contributed by atoms with Crippen LogP contribution in [0.4, 0.5) is 0 Å². The lowest BCUT2D eigenvalue weighted by atomic mass is 9.96. The molecule has 3 heterocycles. The Kier molecular flexibility index (Phi) is 12.8. The highest BCUT2D eigenvalue weighted by Crippen LogP contribution is 2.16. The number of carbonyl (C=O) groups excluding carboxylic acids is 5. The first-order chi connectivity index (χ1) is 23.1. The van der Waals surface area contributed by atoms with E-state index in [1.165, 1.54) is 0 Å². The van der Waals surface area contributed by atoms with E-state index < -0.39 is 35.8 Å². The third kappa shape index (κ3) is 9.69. The van der Waals surface area contributed by atoms with Gasteiger partial charge >= 0.3 is 0 Å². The van der Waals surface area contributed by atoms with E-state index in [4.69, 9.17) is 4.74 Å². The Morgan fingerprint density at radius 1 is 0.917 bits per heavy atom. The minimum Gasteiger partial charge on any atom is -0.497 e. The van der Waals surface area contributed by atoms with Gasteiger partial charge in [0.1, 0.15) is 29.6 Å². The van der Waals surface area contributed by atoms with Crippen molar-refractivity contribution in [2.75, 3.05) is 20.2 Å². The number of methoxy groups -OCH3 is 1. The predicted octanol–water partition coefficient (Wildman–Crippen LogP) is 2.95. The topological polar surface area (TPSA) is 162 Å². The van der Waals surface area contributed by atoms with Gasteiger partial charge in [-0.25, -0.2) is 0 Å². The third-order valence-corrected chi connectivity index (χ3v) is 8.63. The fourth-order valence-electron chi connectivity index (χ4n) is 5.43. The van der Waals surface area contributed by atoms with E-state index in [1.807, 2.05) is 13.8 Å². The average Bonchev–Trinajstić information content (AvgIpc) is 3.64. The van der Waals surface area contributed by atoms with Crippen LogP contribution in [0.5, 0.6) is 5.75 Å². The minimum atomic E-state index is -1.03. The van der Waals surface area contributed by atoms with Crippen LogP contribution >= 0.6 is 0 Å². The molecule has 12 nitrogen and oxygen atoms in total. The van der Waals surface area contributed by atoms with Crippen molar-refractivity contribution in [1.82, 2.24) is 31.2 Å². The zero-order chi connectivity index (χ0) is 34.6. The Bertz CT molecular complexity index is 1540. The van der Waals surface area contributed by atoms with Crippen molar-refractivity contribution in [2.24, 2.45) is 5.92 Å². The van der Waals surface area contributed by atoms with Crippen LogP contribution in [-0.4, -0.2) is 77.7 Å². The molecule has 1 aromatic heterocycles. The zero-order valence-corrected chi connectivity index (χ0v) is 28.0. The highest BCUT2D eigenvalue weighted by molar-refractivity contribution is 5.99. The lowest BCUT2D eigenvalue weighted by Crippen LogP contribution is -2.58. The number of nitrogens with zero attached hydrogens (tertiary/aromatic N) is 1. The molecule has 0 saturated heterocycles. The van der Waals surface area contributed by atoms with Crippen LogP contribution in [0.25, 0.3) is 0 Å². The molecule has 2 bridgehead atoms. The molecule has 2 aliphatic rings. The normalized spacial score (nSPS) is 20.8. The van der Waals surface area contributed by atoms with Crippen LogP contribution in [0.3, 0.4) is 0 Å². The summed E-state index contributed by atoms with van der Waals surface area (Å²) in [6, 6.07) is 14.7. The first-order valence-corrected chi connectivity index (χ1v) is 16.4. The maximum atomic E-state index is 13.8. The number of aromatic amines is 1. The molecular weight excluding hydrogens is 612 g/mol. The van der Waals surface area contributed by atoms with Gasteiger partial charge in [0.15, 0.2) is 0 Å². The second kappa shape index (κ2) is 17.1. The number of hydrogen-bond acceptors (Lipinski definition) is 6. The van der Waals surface area contributed by atoms with Crippen LogP contribution in [0.1, 0.15) is 72.0 Å². The van der Waals surface area contributed by atoms with Crippen LogP contribution in [-0.2, 0) is 27.3 Å². The van der Waals surface area contributed by atoms with Crippen LogP contribution < -0.4 is 26.0 Å². The summed E-state index contributed by atoms with van der Waals surface area (Å²) in [5.74, 6) is -1.61. The molecular formula is C36H46N6O6. The molecule has 5 amide bonds. The summed E-state index contributed by atoms with van der Waals surface area (Å²) in [7, 11) is 1.56. The Morgan fingerprint density at radius 2 is 1.65 bits per heavy atom. The lowest BCUT2D eigenvalue weighted by molar-refractivity contribution is -0.132. The monoisotopic (exact) mass is 658 g/mol. The smallest absolute Gasteiger partial charge is 0.270 e. The maximum absolute atomic E-state index is 13.8. The Labute approximate surface area is 281 Å². The molecule has 0 spiro atoms. The van der Waals surface area contributed by atoms with E-state index in [1.54, 1.807) is 85.8 Å². The lowest BCUT2D eigenvalue weighted by Gasteiger charge is -2.27. The number of benzene rings is 2. The van der Waals surface area contributed by atoms with Crippen molar-refractivity contribution in [3.8, 4) is 5.75 Å². The minimum absolute atomic E-state index is 0.149. The fourth-order valence-corrected chi connectivity index (χ4v) is 5.43. The Balaban J connectivity index is 1.60. The molecule has 2 aliphatic heterocycles. The molecule has 48 heavy (non-hydrogen) atoms. The molecule has 0 fully saturated rings. The molecule has 1 unspecified atom stereocenters. The number of H-pyrrole nitrogens is 1. The summed E-state index contributed by atoms with van der Waals surface area (Å²) in [5.41, 5.74) is 2.43. The number of nitrogens with one attached hydrogen (secondary N) is 5. The predicted molar refractivity (Wildman–Crippen MR) is 181 cm³/mol. The van der Waals surface area contributed by atoms with Crippen molar-refractivity contribution >= 4 is 29.5 Å². The summed E-state index contributed by atoms with van der Waals surface area (Å²) >= 11 is 0. The number of ether oxygens (including phenoxy) is 1. The standard InChI is InChI=1S/C36H46N6O6/c1-5-23(2)31-35(46)40-30(21-25-12-16-28(48-4)17-13-25)34(45)39-24(3)32(43)38-18-6-7-20-42(36(47)29-9-8-19-37-29)22-26-10-14-27(15-11-26)33(44)41-31/h8-17,19,23-24,30-31,37H,5-7,18,20-22H2,1-4H3,(H,38,43)(H,39,45)(H,40,46)(H,41,44)/t23-,24+,30-,31?/m0/s1. The highest BCUT2D eigenvalue weighted by Gasteiger charge is 2.31. The van der Waals surface area contributed by atoms with E-state index in [0.29, 0.717) is 55.9 Å². The van der Waals surface area contributed by atoms with Crippen molar-refractivity contribution in [1.29, 1.82) is 0 Å². The Morgan fingerprint density at radius 3 is 2.29 bits per heavy atom. The van der Waals surface area contributed by atoms with Crippen LogP contribution in [0.2, 0.25) is 0 Å². The molecule has 0 saturated carbocycles. The van der Waals surface area contributed by atoms with E-state index in [0.717, 1.165) is 11.1 Å². The molecule has 5 rings (SSSR count). The van der Waals surface area contributed by atoms with Crippen molar-refractivity contribution in [3.05, 3.63) is 89.2 Å². The summed E-state index contributed by atoms with van der Waals surface area (Å²) in [4.78, 5) is 71.7. The van der Waals surface area contributed by atoms with E-state index in [-0.39, 0.29) is 24.2 Å². The number of rotatable bonds is 6. The van der Waals surface area contributed by atoms with Gasteiger partial charge in [-0.2, -0.15) is 0 Å². The number of carbonyl (C=O) groups is 5. The van der Waals surface area contributed by atoms with Crippen LogP contribution in [0, 0.1) is 5.92 Å². The van der Waals surface area contributed by atoms with E-state index >= 15 is 0 Å². The Hall–Kier alpha value is -5.13. The van der Waals surface area contributed by atoms with Crippen molar-refractivity contribution < 1.29 is 28.7 Å². The second-order valence-electron chi connectivity index (χ2n) is 12.2. The van der Waals surface area contributed by atoms with Gasteiger partial charge in [0.05, 0.1) is 7.11 Å². The van der Waals surface area contributed by atoms with Gasteiger partial charge in [-0.3, -0.25) is 24.0 Å². The van der Waals surface area contributed by atoms with Gasteiger partial charge in [-0.05, 0) is 73.2 Å². The molecule has 0 radical (unpaired) electrons. The number of amides is 5. The quantitative estimate of drug-likeness (QED) is 0.256. The van der Waals surface area contributed by atoms with E-state index in [2.05, 4.69) is 26.3 Å². The molecule has 12 heteroatoms. The number of aromatic nitrogens is 1. The van der Waals surface area contributed by atoms with Gasteiger partial charge in [-0.15, -0.1) is 0 Å². The fraction of sp³-hybridized carbons (Fsp3) is 0.417. The second-order valence-corrected chi connectivity index (χ2v) is 12.2. The molecule has 2 aromatic carbocycles. The molecule has 3 aromatic rings. The van der Waals surface area contributed by atoms with Crippen LogP contribution in [0.15, 0.2) is 66.9 Å².